The quantitative estimate of drug-likeness (QED) is 0.730. The van der Waals surface area contributed by atoms with Crippen molar-refractivity contribution in [1.29, 1.82) is 0 Å². The number of hydrogen-bond acceptors (Lipinski definition) is 5. The molecule has 0 radical (unpaired) electrons. The Hall–Kier alpha value is -0.590. The Labute approximate surface area is 114 Å². The van der Waals surface area contributed by atoms with Crippen LogP contribution in [0.2, 0.25) is 0 Å². The molecule has 5 nitrogen and oxygen atoms in total. The summed E-state index contributed by atoms with van der Waals surface area (Å²) in [5.41, 5.74) is 5.68. The van der Waals surface area contributed by atoms with Crippen LogP contribution in [-0.4, -0.2) is 45.1 Å². The van der Waals surface area contributed by atoms with Gasteiger partial charge in [-0.05, 0) is 26.9 Å². The minimum atomic E-state index is 0.356. The van der Waals surface area contributed by atoms with Gasteiger partial charge in [0, 0.05) is 18.3 Å². The van der Waals surface area contributed by atoms with Crippen LogP contribution in [0.15, 0.2) is 5.16 Å². The van der Waals surface area contributed by atoms with E-state index in [0.29, 0.717) is 12.6 Å². The van der Waals surface area contributed by atoms with E-state index in [0.717, 1.165) is 36.4 Å². The predicted octanol–water partition coefficient (Wildman–Crippen LogP) is 1.75. The van der Waals surface area contributed by atoms with Gasteiger partial charge < -0.3 is 15.2 Å². The summed E-state index contributed by atoms with van der Waals surface area (Å²) in [6.45, 7) is 12.4. The highest BCUT2D eigenvalue weighted by Crippen LogP contribution is 2.21. The van der Waals surface area contributed by atoms with Crippen molar-refractivity contribution in [3.63, 3.8) is 0 Å². The third kappa shape index (κ3) is 3.96. The highest BCUT2D eigenvalue weighted by Gasteiger charge is 2.14. The summed E-state index contributed by atoms with van der Waals surface area (Å²) in [6.07, 6.45) is 0. The minimum absolute atomic E-state index is 0.356. The second-order valence-corrected chi connectivity index (χ2v) is 5.50. The van der Waals surface area contributed by atoms with Gasteiger partial charge in [0.15, 0.2) is 5.16 Å². The summed E-state index contributed by atoms with van der Waals surface area (Å²) in [5, 5.41) is 9.37. The molecule has 1 aromatic heterocycles. The van der Waals surface area contributed by atoms with Crippen molar-refractivity contribution in [1.82, 2.24) is 19.7 Å². The average Bonchev–Trinajstić information content (AvgIpc) is 2.77. The van der Waals surface area contributed by atoms with Crippen LogP contribution in [0.5, 0.6) is 0 Å². The van der Waals surface area contributed by atoms with Gasteiger partial charge in [0.1, 0.15) is 5.82 Å². The lowest BCUT2D eigenvalue weighted by atomic mass is 10.4. The predicted molar refractivity (Wildman–Crippen MR) is 76.8 cm³/mol. The fourth-order valence-corrected chi connectivity index (χ4v) is 2.96. The Bertz CT molecular complexity index is 346. The van der Waals surface area contributed by atoms with Gasteiger partial charge in [0.25, 0.3) is 0 Å². The fourth-order valence-electron chi connectivity index (χ4n) is 1.87. The van der Waals surface area contributed by atoms with Gasteiger partial charge in [0.2, 0.25) is 0 Å². The van der Waals surface area contributed by atoms with E-state index in [9.17, 15) is 0 Å². The topological polar surface area (TPSA) is 60.0 Å². The van der Waals surface area contributed by atoms with E-state index < -0.39 is 0 Å². The van der Waals surface area contributed by atoms with E-state index in [1.165, 1.54) is 0 Å². The summed E-state index contributed by atoms with van der Waals surface area (Å²) in [5.74, 6) is 1.91. The normalized spacial score (nSPS) is 11.7. The Morgan fingerprint density at radius 2 is 1.94 bits per heavy atom. The molecule has 1 aromatic rings. The third-order valence-corrected chi connectivity index (χ3v) is 3.89. The smallest absolute Gasteiger partial charge is 0.191 e. The molecule has 104 valence electrons. The van der Waals surface area contributed by atoms with Crippen LogP contribution in [0.4, 0.5) is 0 Å². The summed E-state index contributed by atoms with van der Waals surface area (Å²) in [4.78, 5) is 2.41. The second kappa shape index (κ2) is 7.76. The Morgan fingerprint density at radius 3 is 2.44 bits per heavy atom. The molecule has 0 fully saturated rings. The fraction of sp³-hybridized carbons (Fsp3) is 0.833. The Morgan fingerprint density at radius 1 is 1.28 bits per heavy atom. The van der Waals surface area contributed by atoms with Gasteiger partial charge in [-0.3, -0.25) is 0 Å². The van der Waals surface area contributed by atoms with E-state index >= 15 is 0 Å². The van der Waals surface area contributed by atoms with Crippen molar-refractivity contribution in [2.75, 3.05) is 25.4 Å². The molecule has 0 amide bonds. The van der Waals surface area contributed by atoms with Crippen molar-refractivity contribution in [3.8, 4) is 0 Å². The van der Waals surface area contributed by atoms with Crippen molar-refractivity contribution < 1.29 is 0 Å². The third-order valence-electron chi connectivity index (χ3n) is 2.97. The average molecular weight is 271 g/mol. The maximum atomic E-state index is 5.68. The SMILES string of the molecule is CCN(CC)CCSc1nnc(CN)n1C(C)C. The molecule has 0 unspecified atom stereocenters. The van der Waals surface area contributed by atoms with Crippen molar-refractivity contribution in [2.45, 2.75) is 45.4 Å². The van der Waals surface area contributed by atoms with Gasteiger partial charge in [0.05, 0.1) is 6.54 Å². The number of aromatic nitrogens is 3. The van der Waals surface area contributed by atoms with Crippen molar-refractivity contribution in [2.24, 2.45) is 5.73 Å². The molecule has 0 saturated heterocycles. The molecule has 0 spiro atoms. The zero-order chi connectivity index (χ0) is 13.5. The first-order valence-corrected chi connectivity index (χ1v) is 7.61. The van der Waals surface area contributed by atoms with Crippen molar-refractivity contribution in [3.05, 3.63) is 5.82 Å². The van der Waals surface area contributed by atoms with E-state index in [1.54, 1.807) is 11.8 Å². The molecule has 0 aromatic carbocycles. The zero-order valence-corrected chi connectivity index (χ0v) is 12.7. The monoisotopic (exact) mass is 271 g/mol. The maximum Gasteiger partial charge on any atom is 0.191 e. The van der Waals surface area contributed by atoms with Gasteiger partial charge in [-0.15, -0.1) is 10.2 Å². The summed E-state index contributed by atoms with van der Waals surface area (Å²) in [6, 6.07) is 0.356. The van der Waals surface area contributed by atoms with Gasteiger partial charge in [-0.2, -0.15) is 0 Å². The molecular weight excluding hydrogens is 246 g/mol. The van der Waals surface area contributed by atoms with Crippen LogP contribution in [0.1, 0.15) is 39.6 Å². The molecule has 0 atom stereocenters. The molecule has 18 heavy (non-hydrogen) atoms. The van der Waals surface area contributed by atoms with E-state index in [2.05, 4.69) is 47.4 Å². The molecule has 0 bridgehead atoms. The molecule has 2 N–H and O–H groups in total. The summed E-state index contributed by atoms with van der Waals surface area (Å²) >= 11 is 1.76. The molecule has 0 aliphatic carbocycles. The zero-order valence-electron chi connectivity index (χ0n) is 11.9. The lowest BCUT2D eigenvalue weighted by Crippen LogP contribution is -2.25. The van der Waals surface area contributed by atoms with Crippen LogP contribution in [-0.2, 0) is 6.54 Å². The first-order valence-electron chi connectivity index (χ1n) is 6.62. The molecule has 1 rings (SSSR count). The first kappa shape index (κ1) is 15.5. The first-order chi connectivity index (χ1) is 8.63. The van der Waals surface area contributed by atoms with E-state index in [4.69, 9.17) is 5.73 Å². The highest BCUT2D eigenvalue weighted by molar-refractivity contribution is 7.99. The van der Waals surface area contributed by atoms with Gasteiger partial charge in [-0.1, -0.05) is 25.6 Å². The number of nitrogens with zero attached hydrogens (tertiary/aromatic N) is 4. The van der Waals surface area contributed by atoms with Gasteiger partial charge >= 0.3 is 0 Å². The molecule has 0 saturated carbocycles. The standard InChI is InChI=1S/C12H25N5S/c1-5-16(6-2)7-8-18-12-15-14-11(9-13)17(12)10(3)4/h10H,5-9,13H2,1-4H3. The van der Waals surface area contributed by atoms with Crippen LogP contribution in [0, 0.1) is 0 Å². The number of rotatable bonds is 8. The van der Waals surface area contributed by atoms with Gasteiger partial charge in [-0.25, -0.2) is 0 Å². The van der Waals surface area contributed by atoms with Crippen LogP contribution in [0.3, 0.4) is 0 Å². The molecule has 0 aliphatic heterocycles. The lowest BCUT2D eigenvalue weighted by Gasteiger charge is -2.18. The molecule has 1 heterocycles. The minimum Gasteiger partial charge on any atom is -0.324 e. The van der Waals surface area contributed by atoms with Crippen LogP contribution >= 0.6 is 11.8 Å². The van der Waals surface area contributed by atoms with Crippen LogP contribution in [0.25, 0.3) is 0 Å². The Kier molecular flexibility index (Phi) is 6.67. The lowest BCUT2D eigenvalue weighted by molar-refractivity contribution is 0.323. The number of thioether (sulfide) groups is 1. The number of hydrogen-bond donors (Lipinski definition) is 1. The van der Waals surface area contributed by atoms with E-state index in [-0.39, 0.29) is 0 Å². The van der Waals surface area contributed by atoms with Crippen molar-refractivity contribution >= 4 is 11.8 Å². The molecular formula is C12H25N5S. The second-order valence-electron chi connectivity index (χ2n) is 4.44. The highest BCUT2D eigenvalue weighted by atomic mass is 32.2. The molecule has 6 heteroatoms. The van der Waals surface area contributed by atoms with E-state index in [1.807, 2.05) is 0 Å². The Balaban J connectivity index is 2.59. The summed E-state index contributed by atoms with van der Waals surface area (Å²) < 4.78 is 2.13. The number of nitrogens with two attached hydrogens (primary N) is 1. The van der Waals surface area contributed by atoms with Crippen LogP contribution < -0.4 is 5.73 Å². The maximum absolute atomic E-state index is 5.68. The molecule has 0 aliphatic rings. The summed E-state index contributed by atoms with van der Waals surface area (Å²) in [7, 11) is 0. The largest absolute Gasteiger partial charge is 0.324 e.